The molecule has 13 heavy (non-hydrogen) atoms. The normalized spacial score (nSPS) is 13.5. The molecular weight excluding hydrogens is 168 g/mol. The summed E-state index contributed by atoms with van der Waals surface area (Å²) >= 11 is 0. The molecule has 0 unspecified atom stereocenters. The highest BCUT2D eigenvalue weighted by Crippen LogP contribution is 2.15. The van der Waals surface area contributed by atoms with Crippen LogP contribution in [0.5, 0.6) is 0 Å². The second-order valence-corrected chi connectivity index (χ2v) is 3.87. The van der Waals surface area contributed by atoms with Gasteiger partial charge in [-0.1, -0.05) is 6.08 Å². The molecule has 0 aromatic rings. The Morgan fingerprint density at radius 1 is 1.31 bits per heavy atom. The second-order valence-electron chi connectivity index (χ2n) is 3.87. The van der Waals surface area contributed by atoms with Gasteiger partial charge in [0.2, 0.25) is 0 Å². The third-order valence-electron chi connectivity index (χ3n) is 1.87. The molecule has 78 valence electrons. The third-order valence-corrected chi connectivity index (χ3v) is 1.87. The number of rotatable bonds is 6. The fourth-order valence-electron chi connectivity index (χ4n) is 1.12. The van der Waals surface area contributed by atoms with Crippen LogP contribution in [0, 0.1) is 0 Å². The molecule has 0 radical (unpaired) electrons. The Morgan fingerprint density at radius 3 is 2.31 bits per heavy atom. The summed E-state index contributed by atoms with van der Waals surface area (Å²) in [6.45, 7) is 3.49. The quantitative estimate of drug-likeness (QED) is 0.541. The van der Waals surface area contributed by atoms with Gasteiger partial charge in [0.1, 0.15) is 0 Å². The zero-order valence-corrected chi connectivity index (χ0v) is 8.45. The molecule has 0 atom stereocenters. The molecule has 0 bridgehead atoms. The van der Waals surface area contributed by atoms with Crippen LogP contribution in [0.4, 0.5) is 0 Å². The Labute approximate surface area is 79.7 Å². The van der Waals surface area contributed by atoms with E-state index in [0.29, 0.717) is 6.42 Å². The maximum atomic E-state index is 9.40. The molecule has 3 N–H and O–H groups in total. The fourth-order valence-corrected chi connectivity index (χ4v) is 1.12. The van der Waals surface area contributed by atoms with Gasteiger partial charge in [-0.2, -0.15) is 0 Å². The number of hydrogen-bond acceptors (Lipinski definition) is 3. The summed E-state index contributed by atoms with van der Waals surface area (Å²) < 4.78 is 0. The van der Waals surface area contributed by atoms with Crippen molar-refractivity contribution in [1.82, 2.24) is 0 Å². The van der Waals surface area contributed by atoms with E-state index in [2.05, 4.69) is 0 Å². The Hall–Kier alpha value is -0.380. The average Bonchev–Trinajstić information content (AvgIpc) is 2.01. The smallest absolute Gasteiger partial charge is 0.0642 e. The first-order chi connectivity index (χ1) is 5.99. The van der Waals surface area contributed by atoms with Crippen molar-refractivity contribution in [1.29, 1.82) is 0 Å². The lowest BCUT2D eigenvalue weighted by atomic mass is 9.99. The molecule has 0 heterocycles. The lowest BCUT2D eigenvalue weighted by molar-refractivity contribution is 0.0687. The largest absolute Gasteiger partial charge is 0.392 e. The molecule has 0 aliphatic carbocycles. The lowest BCUT2D eigenvalue weighted by Gasteiger charge is -2.16. The first kappa shape index (κ1) is 12.6. The monoisotopic (exact) mass is 188 g/mol. The summed E-state index contributed by atoms with van der Waals surface area (Å²) in [6.07, 6.45) is 3.89. The maximum absolute atomic E-state index is 9.40. The van der Waals surface area contributed by atoms with Gasteiger partial charge in [-0.3, -0.25) is 0 Å². The molecule has 0 aliphatic rings. The highest BCUT2D eigenvalue weighted by molar-refractivity contribution is 5.01. The van der Waals surface area contributed by atoms with Crippen molar-refractivity contribution in [3.05, 3.63) is 11.6 Å². The van der Waals surface area contributed by atoms with E-state index in [-0.39, 0.29) is 13.2 Å². The van der Waals surface area contributed by atoms with Crippen LogP contribution in [0.25, 0.3) is 0 Å². The summed E-state index contributed by atoms with van der Waals surface area (Å²) in [5.74, 6) is 0. The van der Waals surface area contributed by atoms with Gasteiger partial charge in [0.25, 0.3) is 0 Å². The van der Waals surface area contributed by atoms with Crippen LogP contribution in [-0.4, -0.2) is 34.1 Å². The van der Waals surface area contributed by atoms with E-state index in [4.69, 9.17) is 10.2 Å². The van der Waals surface area contributed by atoms with Gasteiger partial charge in [-0.25, -0.2) is 0 Å². The number of hydrogen-bond donors (Lipinski definition) is 3. The van der Waals surface area contributed by atoms with E-state index >= 15 is 0 Å². The summed E-state index contributed by atoms with van der Waals surface area (Å²) in [5, 5.41) is 26.8. The van der Waals surface area contributed by atoms with Crippen molar-refractivity contribution < 1.29 is 15.3 Å². The van der Waals surface area contributed by atoms with Crippen LogP contribution in [0.15, 0.2) is 11.6 Å². The van der Waals surface area contributed by atoms with E-state index in [1.54, 1.807) is 19.9 Å². The lowest BCUT2D eigenvalue weighted by Crippen LogP contribution is -2.17. The van der Waals surface area contributed by atoms with Gasteiger partial charge >= 0.3 is 0 Å². The predicted octanol–water partition coefficient (Wildman–Crippen LogP) is 0.839. The van der Waals surface area contributed by atoms with Gasteiger partial charge in [0, 0.05) is 0 Å². The highest BCUT2D eigenvalue weighted by atomic mass is 16.3. The molecule has 0 rings (SSSR count). The second kappa shape index (κ2) is 6.13. The zero-order chi connectivity index (χ0) is 10.3. The average molecular weight is 188 g/mol. The molecule has 0 amide bonds. The molecule has 0 saturated heterocycles. The van der Waals surface area contributed by atoms with Gasteiger partial charge < -0.3 is 15.3 Å². The molecule has 0 fully saturated rings. The molecule has 3 nitrogen and oxygen atoms in total. The minimum atomic E-state index is -0.639. The first-order valence-electron chi connectivity index (χ1n) is 4.61. The van der Waals surface area contributed by atoms with E-state index in [1.165, 1.54) is 0 Å². The SMILES string of the molecule is CC(C)(O)CCCC(=CCO)CO. The van der Waals surface area contributed by atoms with Gasteiger partial charge in [0.15, 0.2) is 0 Å². The van der Waals surface area contributed by atoms with E-state index in [9.17, 15) is 5.11 Å². The predicted molar refractivity (Wildman–Crippen MR) is 52.4 cm³/mol. The Morgan fingerprint density at radius 2 is 1.92 bits per heavy atom. The van der Waals surface area contributed by atoms with Crippen LogP contribution in [0.1, 0.15) is 33.1 Å². The molecular formula is C10H20O3. The van der Waals surface area contributed by atoms with Crippen molar-refractivity contribution in [3.63, 3.8) is 0 Å². The number of aliphatic hydroxyl groups excluding tert-OH is 2. The van der Waals surface area contributed by atoms with Crippen LogP contribution in [-0.2, 0) is 0 Å². The van der Waals surface area contributed by atoms with Crippen molar-refractivity contribution in [2.75, 3.05) is 13.2 Å². The van der Waals surface area contributed by atoms with Crippen LogP contribution < -0.4 is 0 Å². The van der Waals surface area contributed by atoms with Gasteiger partial charge in [-0.05, 0) is 38.7 Å². The molecule has 0 aliphatic heterocycles. The third kappa shape index (κ3) is 7.96. The van der Waals surface area contributed by atoms with Crippen molar-refractivity contribution in [2.45, 2.75) is 38.7 Å². The molecule has 0 aromatic carbocycles. The van der Waals surface area contributed by atoms with Crippen LogP contribution in [0.3, 0.4) is 0 Å². The Balaban J connectivity index is 3.68. The van der Waals surface area contributed by atoms with Crippen molar-refractivity contribution >= 4 is 0 Å². The van der Waals surface area contributed by atoms with Gasteiger partial charge in [0.05, 0.1) is 18.8 Å². The van der Waals surface area contributed by atoms with E-state index in [0.717, 1.165) is 18.4 Å². The minimum Gasteiger partial charge on any atom is -0.392 e. The molecule has 0 saturated carbocycles. The van der Waals surface area contributed by atoms with Crippen LogP contribution in [0.2, 0.25) is 0 Å². The number of aliphatic hydroxyl groups is 3. The van der Waals surface area contributed by atoms with Crippen LogP contribution >= 0.6 is 0 Å². The van der Waals surface area contributed by atoms with Crippen molar-refractivity contribution in [2.24, 2.45) is 0 Å². The Bertz CT molecular complexity index is 156. The topological polar surface area (TPSA) is 60.7 Å². The summed E-state index contributed by atoms with van der Waals surface area (Å²) in [6, 6.07) is 0. The minimum absolute atomic E-state index is 0.00752. The van der Waals surface area contributed by atoms with Crippen molar-refractivity contribution in [3.8, 4) is 0 Å². The van der Waals surface area contributed by atoms with E-state index in [1.807, 2.05) is 0 Å². The Kier molecular flexibility index (Phi) is 5.95. The maximum Gasteiger partial charge on any atom is 0.0642 e. The molecule has 0 aromatic heterocycles. The van der Waals surface area contributed by atoms with E-state index < -0.39 is 5.60 Å². The standard InChI is InChI=1S/C10H20O3/c1-10(2,13)6-3-4-9(8-12)5-7-11/h5,11-13H,3-4,6-8H2,1-2H3. The molecule has 0 spiro atoms. The molecule has 3 heteroatoms. The summed E-state index contributed by atoms with van der Waals surface area (Å²) in [7, 11) is 0. The summed E-state index contributed by atoms with van der Waals surface area (Å²) in [5.41, 5.74) is 0.200. The highest BCUT2D eigenvalue weighted by Gasteiger charge is 2.11. The van der Waals surface area contributed by atoms with Gasteiger partial charge in [-0.15, -0.1) is 0 Å². The zero-order valence-electron chi connectivity index (χ0n) is 8.45. The first-order valence-corrected chi connectivity index (χ1v) is 4.61. The fraction of sp³-hybridized carbons (Fsp3) is 0.800. The summed E-state index contributed by atoms with van der Waals surface area (Å²) in [4.78, 5) is 0.